The van der Waals surface area contributed by atoms with Crippen molar-refractivity contribution in [2.45, 2.75) is 6.55 Å². The van der Waals surface area contributed by atoms with Gasteiger partial charge in [-0.1, -0.05) is 12.6 Å². The van der Waals surface area contributed by atoms with E-state index in [0.717, 1.165) is 0 Å². The molecular weight excluding hydrogens is 142 g/mol. The highest BCUT2D eigenvalue weighted by atomic mass is 28.2. The number of carbonyl (C=O) groups excluding carboxylic acids is 1. The predicted octanol–water partition coefficient (Wildman–Crippen LogP) is 0.974. The molecule has 1 rings (SSSR count). The molecule has 0 fully saturated rings. The molecule has 1 heterocycles. The molecule has 1 aromatic rings. The van der Waals surface area contributed by atoms with Crippen LogP contribution in [0, 0.1) is 0 Å². The summed E-state index contributed by atoms with van der Waals surface area (Å²) in [7, 11) is 0.308. The molecule has 0 aliphatic heterocycles. The van der Waals surface area contributed by atoms with Crippen LogP contribution in [0.2, 0.25) is 6.55 Å². The van der Waals surface area contributed by atoms with Crippen LogP contribution in [-0.4, -0.2) is 19.9 Å². The Hall–Kier alpha value is -0.963. The minimum absolute atomic E-state index is 0.126. The molecule has 0 aliphatic rings. The van der Waals surface area contributed by atoms with E-state index in [2.05, 4.69) is 4.98 Å². The molecule has 0 atom stereocenters. The summed E-state index contributed by atoms with van der Waals surface area (Å²) in [6, 6.07) is 5.36. The van der Waals surface area contributed by atoms with E-state index < -0.39 is 0 Å². The lowest BCUT2D eigenvalue weighted by atomic mass is 10.4. The predicted molar refractivity (Wildman–Crippen MR) is 40.2 cm³/mol. The molecule has 0 saturated heterocycles. The zero-order valence-electron chi connectivity index (χ0n) is 5.66. The van der Waals surface area contributed by atoms with E-state index in [0.29, 0.717) is 15.2 Å². The summed E-state index contributed by atoms with van der Waals surface area (Å²) in [5.74, 6) is 0. The summed E-state index contributed by atoms with van der Waals surface area (Å²) < 4.78 is 0. The minimum atomic E-state index is 0.126. The SMILES string of the molecule is C[Si]C(=O)c1ccccn1. The van der Waals surface area contributed by atoms with Gasteiger partial charge in [-0.3, -0.25) is 9.78 Å². The van der Waals surface area contributed by atoms with Crippen molar-refractivity contribution in [3.05, 3.63) is 30.1 Å². The van der Waals surface area contributed by atoms with Gasteiger partial charge in [-0.25, -0.2) is 0 Å². The molecule has 50 valence electrons. The van der Waals surface area contributed by atoms with Gasteiger partial charge >= 0.3 is 0 Å². The lowest BCUT2D eigenvalue weighted by Crippen LogP contribution is -2.06. The van der Waals surface area contributed by atoms with Crippen LogP contribution in [0.15, 0.2) is 24.4 Å². The quantitative estimate of drug-likeness (QED) is 0.586. The largest absolute Gasteiger partial charge is 0.299 e. The Balaban J connectivity index is 2.85. The highest BCUT2D eigenvalue weighted by molar-refractivity contribution is 6.76. The molecule has 2 radical (unpaired) electrons. The number of nitrogens with zero attached hydrogens (tertiary/aromatic N) is 1. The van der Waals surface area contributed by atoms with Crippen LogP contribution in [0.4, 0.5) is 0 Å². The minimum Gasteiger partial charge on any atom is -0.299 e. The Morgan fingerprint density at radius 2 is 2.40 bits per heavy atom. The van der Waals surface area contributed by atoms with Crippen LogP contribution in [0.5, 0.6) is 0 Å². The normalized spacial score (nSPS) is 9.30. The van der Waals surface area contributed by atoms with Crippen molar-refractivity contribution in [2.75, 3.05) is 0 Å². The second kappa shape index (κ2) is 3.27. The Morgan fingerprint density at radius 3 is 2.90 bits per heavy atom. The van der Waals surface area contributed by atoms with Crippen LogP contribution in [0.3, 0.4) is 0 Å². The smallest absolute Gasteiger partial charge is 0.153 e. The molecule has 0 aromatic carbocycles. The van der Waals surface area contributed by atoms with E-state index in [1.54, 1.807) is 18.3 Å². The van der Waals surface area contributed by atoms with Gasteiger partial charge in [-0.15, -0.1) is 0 Å². The molecule has 1 aromatic heterocycles. The number of carbonyl (C=O) groups is 1. The summed E-state index contributed by atoms with van der Waals surface area (Å²) in [5.41, 5.74) is 0.573. The van der Waals surface area contributed by atoms with E-state index in [1.807, 2.05) is 12.6 Å². The zero-order valence-corrected chi connectivity index (χ0v) is 6.66. The van der Waals surface area contributed by atoms with Crippen LogP contribution in [0.25, 0.3) is 0 Å². The fourth-order valence-corrected chi connectivity index (χ4v) is 1.03. The van der Waals surface area contributed by atoms with Gasteiger partial charge < -0.3 is 0 Å². The van der Waals surface area contributed by atoms with Crippen molar-refractivity contribution in [3.8, 4) is 0 Å². The second-order valence-electron chi connectivity index (χ2n) is 1.79. The first-order chi connectivity index (χ1) is 4.84. The molecule has 0 spiro atoms. The Labute approximate surface area is 62.1 Å². The molecule has 0 unspecified atom stereocenters. The standard InChI is InChI=1S/C7H7NOSi/c1-10-7(9)6-4-2-3-5-8-6/h2-5H,1H3. The Morgan fingerprint density at radius 1 is 1.60 bits per heavy atom. The fraction of sp³-hybridized carbons (Fsp3) is 0.143. The number of hydrogen-bond donors (Lipinski definition) is 0. The summed E-state index contributed by atoms with van der Waals surface area (Å²) in [6.07, 6.45) is 1.63. The molecular formula is C7H7NOSi. The summed E-state index contributed by atoms with van der Waals surface area (Å²) in [5, 5.41) is 0.126. The first-order valence-electron chi connectivity index (χ1n) is 2.97. The summed E-state index contributed by atoms with van der Waals surface area (Å²) >= 11 is 0. The van der Waals surface area contributed by atoms with Gasteiger partial charge in [0, 0.05) is 6.20 Å². The van der Waals surface area contributed by atoms with Gasteiger partial charge in [-0.05, 0) is 12.1 Å². The molecule has 0 saturated carbocycles. The van der Waals surface area contributed by atoms with Gasteiger partial charge in [0.2, 0.25) is 0 Å². The first-order valence-corrected chi connectivity index (χ1v) is 4.47. The van der Waals surface area contributed by atoms with Crippen molar-refractivity contribution in [1.29, 1.82) is 0 Å². The van der Waals surface area contributed by atoms with Crippen molar-refractivity contribution < 1.29 is 4.79 Å². The zero-order chi connectivity index (χ0) is 7.40. The maximum absolute atomic E-state index is 11.0. The van der Waals surface area contributed by atoms with Gasteiger partial charge in [0.05, 0.1) is 0 Å². The molecule has 0 N–H and O–H groups in total. The topological polar surface area (TPSA) is 30.0 Å². The summed E-state index contributed by atoms with van der Waals surface area (Å²) in [6.45, 7) is 1.86. The van der Waals surface area contributed by atoms with Gasteiger partial charge in [0.25, 0.3) is 0 Å². The molecule has 10 heavy (non-hydrogen) atoms. The molecule has 0 amide bonds. The van der Waals surface area contributed by atoms with Crippen molar-refractivity contribution in [2.24, 2.45) is 0 Å². The lowest BCUT2D eigenvalue weighted by molar-refractivity contribution is 0.107. The Bertz CT molecular complexity index is 222. The third kappa shape index (κ3) is 1.51. The van der Waals surface area contributed by atoms with E-state index in [9.17, 15) is 4.79 Å². The highest BCUT2D eigenvalue weighted by Crippen LogP contribution is 1.92. The average Bonchev–Trinajstić information content (AvgIpc) is 2.05. The number of aromatic nitrogens is 1. The second-order valence-corrected chi connectivity index (χ2v) is 2.75. The van der Waals surface area contributed by atoms with E-state index in [1.165, 1.54) is 0 Å². The number of rotatable bonds is 2. The number of pyridine rings is 1. The maximum atomic E-state index is 11.0. The van der Waals surface area contributed by atoms with Crippen molar-refractivity contribution in [1.82, 2.24) is 4.98 Å². The average molecular weight is 149 g/mol. The maximum Gasteiger partial charge on any atom is 0.153 e. The lowest BCUT2D eigenvalue weighted by Gasteiger charge is -1.91. The van der Waals surface area contributed by atoms with Crippen LogP contribution < -0.4 is 0 Å². The fourth-order valence-electron chi connectivity index (χ4n) is 0.625. The highest BCUT2D eigenvalue weighted by Gasteiger charge is 2.01. The Kier molecular flexibility index (Phi) is 2.34. The molecule has 0 aliphatic carbocycles. The molecule has 2 nitrogen and oxygen atoms in total. The first kappa shape index (κ1) is 7.15. The van der Waals surface area contributed by atoms with E-state index in [-0.39, 0.29) is 5.41 Å². The third-order valence-corrected chi connectivity index (χ3v) is 1.83. The van der Waals surface area contributed by atoms with Crippen LogP contribution in [-0.2, 0) is 0 Å². The van der Waals surface area contributed by atoms with E-state index >= 15 is 0 Å². The monoisotopic (exact) mass is 149 g/mol. The van der Waals surface area contributed by atoms with E-state index in [4.69, 9.17) is 0 Å². The van der Waals surface area contributed by atoms with Crippen LogP contribution in [0.1, 0.15) is 10.5 Å². The number of hydrogen-bond acceptors (Lipinski definition) is 2. The third-order valence-electron chi connectivity index (χ3n) is 1.12. The van der Waals surface area contributed by atoms with Gasteiger partial charge in [0.15, 0.2) is 5.41 Å². The summed E-state index contributed by atoms with van der Waals surface area (Å²) in [4.78, 5) is 14.9. The van der Waals surface area contributed by atoms with Crippen molar-refractivity contribution >= 4 is 14.9 Å². The van der Waals surface area contributed by atoms with Crippen molar-refractivity contribution in [3.63, 3.8) is 0 Å². The van der Waals surface area contributed by atoms with Gasteiger partial charge in [0.1, 0.15) is 15.2 Å². The van der Waals surface area contributed by atoms with Crippen LogP contribution >= 0.6 is 0 Å². The van der Waals surface area contributed by atoms with Gasteiger partial charge in [-0.2, -0.15) is 0 Å². The molecule has 3 heteroatoms. The molecule has 0 bridgehead atoms.